The average Bonchev–Trinajstić information content (AvgIpc) is 2.83. The number of benzene rings is 1. The standard InChI is InChI=1S/C25H26F3N5O3/c1-14-6-17(32-25(35)36)12-33(11-14)22-4-5-29-10-21(22)30-9-16-2-3-18(26)24(31-16)23-19(27)7-15(13-34)8-20(23)28/h2-5,7-8,10,14,17,30,32,34H,6,9,11-13H2,1H3,(H,35,36)/t14-,17+/m1/s1. The van der Waals surface area contributed by atoms with Crippen molar-refractivity contribution >= 4 is 17.5 Å². The van der Waals surface area contributed by atoms with E-state index in [-0.39, 0.29) is 24.1 Å². The molecule has 0 saturated carbocycles. The number of amides is 1. The Morgan fingerprint density at radius 1 is 1.14 bits per heavy atom. The maximum absolute atomic E-state index is 14.5. The number of piperidine rings is 1. The molecule has 1 fully saturated rings. The SMILES string of the molecule is C[C@@H]1C[C@H](NC(=O)O)CN(c2ccncc2NCc2ccc(F)c(-c3c(F)cc(CO)cc3F)n2)C1. The molecular formula is C25H26F3N5O3. The monoisotopic (exact) mass is 501 g/mol. The Morgan fingerprint density at radius 3 is 2.58 bits per heavy atom. The third kappa shape index (κ3) is 5.68. The number of aromatic nitrogens is 2. The zero-order chi connectivity index (χ0) is 25.8. The first kappa shape index (κ1) is 25.2. The van der Waals surface area contributed by atoms with E-state index in [0.29, 0.717) is 17.9 Å². The van der Waals surface area contributed by atoms with Gasteiger partial charge in [-0.3, -0.25) is 4.98 Å². The Hall–Kier alpha value is -3.86. The molecular weight excluding hydrogens is 475 g/mol. The van der Waals surface area contributed by atoms with Crippen LogP contribution in [0.3, 0.4) is 0 Å². The van der Waals surface area contributed by atoms with Gasteiger partial charge in [0.2, 0.25) is 0 Å². The molecule has 2 aromatic heterocycles. The minimum Gasteiger partial charge on any atom is -0.465 e. The summed E-state index contributed by atoms with van der Waals surface area (Å²) in [5.74, 6) is -2.67. The van der Waals surface area contributed by atoms with Crippen molar-refractivity contribution in [2.45, 2.75) is 32.5 Å². The fourth-order valence-electron chi connectivity index (χ4n) is 4.51. The Labute approximate surface area is 205 Å². The van der Waals surface area contributed by atoms with Gasteiger partial charge in [-0.05, 0) is 48.2 Å². The number of hydrogen-bond acceptors (Lipinski definition) is 6. The van der Waals surface area contributed by atoms with Gasteiger partial charge in [0.15, 0.2) is 0 Å². The van der Waals surface area contributed by atoms with Crippen molar-refractivity contribution in [2.75, 3.05) is 23.3 Å². The van der Waals surface area contributed by atoms with Crippen LogP contribution < -0.4 is 15.5 Å². The molecule has 1 saturated heterocycles. The second-order valence-corrected chi connectivity index (χ2v) is 8.86. The summed E-state index contributed by atoms with van der Waals surface area (Å²) < 4.78 is 43.5. The molecule has 11 heteroatoms. The number of anilines is 2. The van der Waals surface area contributed by atoms with E-state index in [9.17, 15) is 18.0 Å². The number of pyridine rings is 2. The third-order valence-corrected chi connectivity index (χ3v) is 6.01. The van der Waals surface area contributed by atoms with Gasteiger partial charge >= 0.3 is 6.09 Å². The second kappa shape index (κ2) is 10.8. The summed E-state index contributed by atoms with van der Waals surface area (Å²) in [6.07, 6.45) is 2.91. The van der Waals surface area contributed by atoms with Crippen LogP contribution in [0.5, 0.6) is 0 Å². The summed E-state index contributed by atoms with van der Waals surface area (Å²) in [4.78, 5) is 21.5. The molecule has 3 heterocycles. The lowest BCUT2D eigenvalue weighted by molar-refractivity contribution is 0.186. The smallest absolute Gasteiger partial charge is 0.404 e. The van der Waals surface area contributed by atoms with Gasteiger partial charge in [0.1, 0.15) is 23.1 Å². The minimum absolute atomic E-state index is 0.0314. The number of carboxylic acid groups (broad SMARTS) is 1. The average molecular weight is 502 g/mol. The number of nitrogens with one attached hydrogen (secondary N) is 2. The first-order valence-corrected chi connectivity index (χ1v) is 11.4. The molecule has 0 radical (unpaired) electrons. The topological polar surface area (TPSA) is 111 Å². The molecule has 0 aliphatic carbocycles. The first-order chi connectivity index (χ1) is 17.2. The van der Waals surface area contributed by atoms with Crippen LogP contribution in [-0.2, 0) is 13.2 Å². The van der Waals surface area contributed by atoms with E-state index in [1.807, 2.05) is 13.0 Å². The number of carbonyl (C=O) groups is 1. The minimum atomic E-state index is -1.07. The summed E-state index contributed by atoms with van der Waals surface area (Å²) in [5.41, 5.74) is 0.763. The molecule has 1 amide bonds. The molecule has 190 valence electrons. The van der Waals surface area contributed by atoms with Crippen LogP contribution >= 0.6 is 0 Å². The van der Waals surface area contributed by atoms with Crippen molar-refractivity contribution in [3.63, 3.8) is 0 Å². The van der Waals surface area contributed by atoms with Crippen molar-refractivity contribution in [1.29, 1.82) is 0 Å². The highest BCUT2D eigenvalue weighted by Gasteiger charge is 2.27. The summed E-state index contributed by atoms with van der Waals surface area (Å²) in [6, 6.07) is 5.98. The Kier molecular flexibility index (Phi) is 7.58. The molecule has 1 aromatic carbocycles. The van der Waals surface area contributed by atoms with Crippen molar-refractivity contribution in [3.05, 3.63) is 71.4 Å². The first-order valence-electron chi connectivity index (χ1n) is 11.4. The molecule has 0 bridgehead atoms. The molecule has 3 aromatic rings. The Morgan fingerprint density at radius 2 is 1.89 bits per heavy atom. The molecule has 0 spiro atoms. The van der Waals surface area contributed by atoms with Gasteiger partial charge in [-0.1, -0.05) is 6.92 Å². The highest BCUT2D eigenvalue weighted by Crippen LogP contribution is 2.31. The Balaban J connectivity index is 1.56. The number of halogens is 3. The van der Waals surface area contributed by atoms with Crippen LogP contribution in [0, 0.1) is 23.4 Å². The maximum Gasteiger partial charge on any atom is 0.404 e. The quantitative estimate of drug-likeness (QED) is 0.385. The lowest BCUT2D eigenvalue weighted by atomic mass is 9.95. The van der Waals surface area contributed by atoms with E-state index in [2.05, 4.69) is 25.5 Å². The van der Waals surface area contributed by atoms with Gasteiger partial charge < -0.3 is 25.7 Å². The highest BCUT2D eigenvalue weighted by atomic mass is 19.1. The number of aliphatic hydroxyl groups excluding tert-OH is 1. The zero-order valence-corrected chi connectivity index (χ0v) is 19.5. The van der Waals surface area contributed by atoms with Crippen LogP contribution in [0.25, 0.3) is 11.3 Å². The van der Waals surface area contributed by atoms with Crippen LogP contribution in [0.1, 0.15) is 24.6 Å². The van der Waals surface area contributed by atoms with Crippen LogP contribution in [0.4, 0.5) is 29.3 Å². The van der Waals surface area contributed by atoms with E-state index >= 15 is 0 Å². The predicted molar refractivity (Wildman–Crippen MR) is 128 cm³/mol. The number of nitrogens with zero attached hydrogens (tertiary/aromatic N) is 3. The third-order valence-electron chi connectivity index (χ3n) is 6.01. The van der Waals surface area contributed by atoms with Crippen LogP contribution in [-0.4, -0.2) is 45.4 Å². The maximum atomic E-state index is 14.5. The van der Waals surface area contributed by atoms with Crippen LogP contribution in [0.2, 0.25) is 0 Å². The summed E-state index contributed by atoms with van der Waals surface area (Å²) in [6.45, 7) is 2.81. The molecule has 8 nitrogen and oxygen atoms in total. The predicted octanol–water partition coefficient (Wildman–Crippen LogP) is 4.15. The number of rotatable bonds is 7. The largest absolute Gasteiger partial charge is 0.465 e. The van der Waals surface area contributed by atoms with E-state index in [0.717, 1.165) is 36.9 Å². The summed E-state index contributed by atoms with van der Waals surface area (Å²) >= 11 is 0. The molecule has 2 atom stereocenters. The van der Waals surface area contributed by atoms with Crippen LogP contribution in [0.15, 0.2) is 42.7 Å². The van der Waals surface area contributed by atoms with Gasteiger partial charge in [-0.15, -0.1) is 0 Å². The summed E-state index contributed by atoms with van der Waals surface area (Å²) in [7, 11) is 0. The molecule has 36 heavy (non-hydrogen) atoms. The Bertz CT molecular complexity index is 1240. The fourth-order valence-corrected chi connectivity index (χ4v) is 4.51. The van der Waals surface area contributed by atoms with Crippen molar-refractivity contribution in [2.24, 2.45) is 5.92 Å². The van der Waals surface area contributed by atoms with E-state index in [4.69, 9.17) is 10.2 Å². The van der Waals surface area contributed by atoms with Gasteiger partial charge in [0, 0.05) is 25.3 Å². The van der Waals surface area contributed by atoms with Gasteiger partial charge in [-0.25, -0.2) is 22.9 Å². The normalized spacial score (nSPS) is 17.6. The zero-order valence-electron chi connectivity index (χ0n) is 19.5. The van der Waals surface area contributed by atoms with E-state index in [1.165, 1.54) is 6.07 Å². The highest BCUT2D eigenvalue weighted by molar-refractivity contribution is 5.70. The lowest BCUT2D eigenvalue weighted by Gasteiger charge is -2.38. The van der Waals surface area contributed by atoms with Crippen molar-refractivity contribution in [3.8, 4) is 11.3 Å². The fraction of sp³-hybridized carbons (Fsp3) is 0.320. The number of aliphatic hydroxyl groups is 1. The van der Waals surface area contributed by atoms with Gasteiger partial charge in [0.05, 0.1) is 42.0 Å². The summed E-state index contributed by atoms with van der Waals surface area (Å²) in [5, 5.41) is 24.0. The second-order valence-electron chi connectivity index (χ2n) is 8.86. The van der Waals surface area contributed by atoms with Crippen molar-refractivity contribution < 1.29 is 28.2 Å². The molecule has 4 N–H and O–H groups in total. The van der Waals surface area contributed by atoms with Gasteiger partial charge in [-0.2, -0.15) is 0 Å². The molecule has 1 aliphatic rings. The lowest BCUT2D eigenvalue weighted by Crippen LogP contribution is -2.50. The van der Waals surface area contributed by atoms with E-state index < -0.39 is 41.4 Å². The molecule has 0 unspecified atom stereocenters. The molecule has 1 aliphatic heterocycles. The van der Waals surface area contributed by atoms with E-state index in [1.54, 1.807) is 12.4 Å². The number of hydrogen-bond donors (Lipinski definition) is 4. The van der Waals surface area contributed by atoms with Crippen molar-refractivity contribution in [1.82, 2.24) is 15.3 Å². The van der Waals surface area contributed by atoms with Gasteiger partial charge in [0.25, 0.3) is 0 Å². The molecule has 4 rings (SSSR count).